The Kier molecular flexibility index (Phi) is 2.32. The van der Waals surface area contributed by atoms with E-state index in [9.17, 15) is 5.11 Å². The maximum Gasteiger partial charge on any atom is 0.0609 e. The van der Waals surface area contributed by atoms with Crippen LogP contribution in [0.25, 0.3) is 0 Å². The van der Waals surface area contributed by atoms with E-state index in [1.165, 1.54) is 5.56 Å². The van der Waals surface area contributed by atoms with Crippen molar-refractivity contribution in [2.75, 3.05) is 0 Å². The van der Waals surface area contributed by atoms with Crippen molar-refractivity contribution >= 4 is 0 Å². The van der Waals surface area contributed by atoms with Gasteiger partial charge in [-0.2, -0.15) is 0 Å². The van der Waals surface area contributed by atoms with Gasteiger partial charge < -0.3 is 5.11 Å². The standard InChI is InChI=1S/C11H15NO/c1-8-9(5-3-7-12-8)10-4-2-6-11(10)13/h3,5,7,10-11,13H,2,4,6H2,1H3/t10-,11+/m0/s1. The van der Waals surface area contributed by atoms with Gasteiger partial charge in [0.05, 0.1) is 6.10 Å². The number of rotatable bonds is 1. The molecule has 0 unspecified atom stereocenters. The largest absolute Gasteiger partial charge is 0.392 e. The summed E-state index contributed by atoms with van der Waals surface area (Å²) >= 11 is 0. The predicted molar refractivity (Wildman–Crippen MR) is 51.6 cm³/mol. The van der Waals surface area contributed by atoms with Crippen LogP contribution in [0.3, 0.4) is 0 Å². The van der Waals surface area contributed by atoms with Gasteiger partial charge in [0, 0.05) is 17.8 Å². The lowest BCUT2D eigenvalue weighted by atomic mass is 9.95. The average molecular weight is 177 g/mol. The average Bonchev–Trinajstić information content (AvgIpc) is 2.52. The van der Waals surface area contributed by atoms with Crippen LogP contribution in [0.2, 0.25) is 0 Å². The fourth-order valence-electron chi connectivity index (χ4n) is 2.19. The van der Waals surface area contributed by atoms with Gasteiger partial charge >= 0.3 is 0 Å². The van der Waals surface area contributed by atoms with Crippen LogP contribution >= 0.6 is 0 Å². The summed E-state index contributed by atoms with van der Waals surface area (Å²) in [6.07, 6.45) is 4.84. The SMILES string of the molecule is Cc1ncccc1[C@@H]1CCC[C@H]1O. The van der Waals surface area contributed by atoms with E-state index in [2.05, 4.69) is 11.1 Å². The van der Waals surface area contributed by atoms with Gasteiger partial charge in [0.25, 0.3) is 0 Å². The first-order valence-corrected chi connectivity index (χ1v) is 4.88. The minimum absolute atomic E-state index is 0.150. The number of pyridine rings is 1. The Bertz CT molecular complexity index is 298. The van der Waals surface area contributed by atoms with Crippen LogP contribution in [0.1, 0.15) is 36.4 Å². The zero-order chi connectivity index (χ0) is 9.26. The van der Waals surface area contributed by atoms with Crippen LogP contribution in [0.4, 0.5) is 0 Å². The molecule has 1 aromatic heterocycles. The lowest BCUT2D eigenvalue weighted by Gasteiger charge is -2.16. The normalized spacial score (nSPS) is 27.8. The van der Waals surface area contributed by atoms with Gasteiger partial charge in [0.2, 0.25) is 0 Å². The summed E-state index contributed by atoms with van der Waals surface area (Å²) in [4.78, 5) is 4.25. The van der Waals surface area contributed by atoms with Crippen molar-refractivity contribution < 1.29 is 5.11 Å². The van der Waals surface area contributed by atoms with Gasteiger partial charge in [-0.25, -0.2) is 0 Å². The highest BCUT2D eigenvalue weighted by atomic mass is 16.3. The molecule has 2 heteroatoms. The van der Waals surface area contributed by atoms with Gasteiger partial charge in [-0.05, 0) is 31.4 Å². The van der Waals surface area contributed by atoms with Crippen molar-refractivity contribution in [3.05, 3.63) is 29.6 Å². The number of aliphatic hydroxyl groups excluding tert-OH is 1. The van der Waals surface area contributed by atoms with Gasteiger partial charge in [-0.15, -0.1) is 0 Å². The first-order valence-electron chi connectivity index (χ1n) is 4.88. The van der Waals surface area contributed by atoms with Crippen LogP contribution in [0.15, 0.2) is 18.3 Å². The van der Waals surface area contributed by atoms with E-state index >= 15 is 0 Å². The molecule has 1 N–H and O–H groups in total. The van der Waals surface area contributed by atoms with E-state index in [-0.39, 0.29) is 6.10 Å². The fraction of sp³-hybridized carbons (Fsp3) is 0.545. The molecule has 2 nitrogen and oxygen atoms in total. The minimum atomic E-state index is -0.150. The van der Waals surface area contributed by atoms with E-state index in [1.54, 1.807) is 6.20 Å². The number of aromatic nitrogens is 1. The third-order valence-electron chi connectivity index (χ3n) is 2.93. The Labute approximate surface area is 78.6 Å². The Morgan fingerprint density at radius 1 is 1.46 bits per heavy atom. The van der Waals surface area contributed by atoms with Gasteiger partial charge in [0.1, 0.15) is 0 Å². The highest BCUT2D eigenvalue weighted by molar-refractivity contribution is 5.25. The van der Waals surface area contributed by atoms with E-state index < -0.39 is 0 Å². The quantitative estimate of drug-likeness (QED) is 0.712. The number of hydrogen-bond donors (Lipinski definition) is 1. The summed E-state index contributed by atoms with van der Waals surface area (Å²) < 4.78 is 0. The maximum absolute atomic E-state index is 9.74. The van der Waals surface area contributed by atoms with Gasteiger partial charge in [0.15, 0.2) is 0 Å². The van der Waals surface area contributed by atoms with Crippen LogP contribution in [-0.4, -0.2) is 16.2 Å². The molecule has 1 aliphatic rings. The molecule has 1 aromatic rings. The molecular formula is C11H15NO. The van der Waals surface area contributed by atoms with E-state index in [0.717, 1.165) is 25.0 Å². The molecule has 0 radical (unpaired) electrons. The highest BCUT2D eigenvalue weighted by Crippen LogP contribution is 2.35. The summed E-state index contributed by atoms with van der Waals surface area (Å²) in [6, 6.07) is 4.04. The summed E-state index contributed by atoms with van der Waals surface area (Å²) in [5.74, 6) is 0.327. The van der Waals surface area contributed by atoms with Crippen molar-refractivity contribution in [1.29, 1.82) is 0 Å². The molecule has 0 aromatic carbocycles. The van der Waals surface area contributed by atoms with Crippen molar-refractivity contribution in [2.45, 2.75) is 38.2 Å². The second-order valence-corrected chi connectivity index (χ2v) is 3.78. The Morgan fingerprint density at radius 3 is 2.92 bits per heavy atom. The fourth-order valence-corrected chi connectivity index (χ4v) is 2.19. The van der Waals surface area contributed by atoms with E-state index in [4.69, 9.17) is 0 Å². The summed E-state index contributed by atoms with van der Waals surface area (Å²) in [7, 11) is 0. The van der Waals surface area contributed by atoms with Crippen LogP contribution in [0.5, 0.6) is 0 Å². The van der Waals surface area contributed by atoms with Gasteiger partial charge in [-0.1, -0.05) is 12.5 Å². The molecule has 0 spiro atoms. The number of aliphatic hydroxyl groups is 1. The first kappa shape index (κ1) is 8.70. The first-order chi connectivity index (χ1) is 6.29. The topological polar surface area (TPSA) is 33.1 Å². The number of nitrogens with zero attached hydrogens (tertiary/aromatic N) is 1. The lowest BCUT2D eigenvalue weighted by molar-refractivity contribution is 0.163. The molecular weight excluding hydrogens is 162 g/mol. The van der Waals surface area contributed by atoms with Crippen LogP contribution < -0.4 is 0 Å². The molecule has 1 aliphatic carbocycles. The Balaban J connectivity index is 2.29. The van der Waals surface area contributed by atoms with Crippen LogP contribution in [0, 0.1) is 6.92 Å². The third-order valence-corrected chi connectivity index (χ3v) is 2.93. The molecule has 1 fully saturated rings. The molecule has 0 aliphatic heterocycles. The molecule has 0 saturated heterocycles. The third kappa shape index (κ3) is 1.59. The Morgan fingerprint density at radius 2 is 2.31 bits per heavy atom. The van der Waals surface area contributed by atoms with Crippen molar-refractivity contribution in [3.63, 3.8) is 0 Å². The van der Waals surface area contributed by atoms with Crippen molar-refractivity contribution in [3.8, 4) is 0 Å². The molecule has 0 amide bonds. The molecule has 1 saturated carbocycles. The number of hydrogen-bond acceptors (Lipinski definition) is 2. The zero-order valence-corrected chi connectivity index (χ0v) is 7.90. The monoisotopic (exact) mass is 177 g/mol. The number of aryl methyl sites for hydroxylation is 1. The lowest BCUT2D eigenvalue weighted by Crippen LogP contribution is -2.12. The predicted octanol–water partition coefficient (Wildman–Crippen LogP) is 2.02. The second-order valence-electron chi connectivity index (χ2n) is 3.78. The zero-order valence-electron chi connectivity index (χ0n) is 7.90. The van der Waals surface area contributed by atoms with E-state index in [0.29, 0.717) is 5.92 Å². The smallest absolute Gasteiger partial charge is 0.0609 e. The molecule has 2 atom stereocenters. The van der Waals surface area contributed by atoms with Crippen LogP contribution in [-0.2, 0) is 0 Å². The van der Waals surface area contributed by atoms with Gasteiger partial charge in [-0.3, -0.25) is 4.98 Å². The molecule has 13 heavy (non-hydrogen) atoms. The minimum Gasteiger partial charge on any atom is -0.392 e. The molecule has 0 bridgehead atoms. The summed E-state index contributed by atoms with van der Waals surface area (Å²) in [5.41, 5.74) is 2.29. The maximum atomic E-state index is 9.74. The summed E-state index contributed by atoms with van der Waals surface area (Å²) in [6.45, 7) is 2.01. The molecule has 2 rings (SSSR count). The summed E-state index contributed by atoms with van der Waals surface area (Å²) in [5, 5.41) is 9.74. The second kappa shape index (κ2) is 3.46. The van der Waals surface area contributed by atoms with E-state index in [1.807, 2.05) is 13.0 Å². The highest BCUT2D eigenvalue weighted by Gasteiger charge is 2.27. The van der Waals surface area contributed by atoms with Crippen molar-refractivity contribution in [1.82, 2.24) is 4.98 Å². The van der Waals surface area contributed by atoms with Crippen molar-refractivity contribution in [2.24, 2.45) is 0 Å². The molecule has 70 valence electrons. The Hall–Kier alpha value is -0.890. The molecule has 1 heterocycles.